The third kappa shape index (κ3) is 4.56. The third-order valence-corrected chi connectivity index (χ3v) is 4.86. The topological polar surface area (TPSA) is 89.2 Å². The smallest absolute Gasteiger partial charge is 0.287 e. The van der Waals surface area contributed by atoms with E-state index in [1.165, 1.54) is 6.26 Å². The lowest BCUT2D eigenvalue weighted by molar-refractivity contribution is -0.124. The van der Waals surface area contributed by atoms with Gasteiger partial charge in [-0.15, -0.1) is 0 Å². The van der Waals surface area contributed by atoms with Crippen LogP contribution >= 0.6 is 0 Å². The van der Waals surface area contributed by atoms with E-state index in [0.717, 1.165) is 22.6 Å². The van der Waals surface area contributed by atoms with Crippen molar-refractivity contribution in [2.24, 2.45) is 5.92 Å². The summed E-state index contributed by atoms with van der Waals surface area (Å²) in [5.74, 6) is -0.554. The second kappa shape index (κ2) is 8.77. The van der Waals surface area contributed by atoms with Crippen LogP contribution in [0.1, 0.15) is 41.4 Å². The normalized spacial score (nSPS) is 12.0. The van der Waals surface area contributed by atoms with Crippen molar-refractivity contribution in [2.75, 3.05) is 0 Å². The molecule has 7 heteroatoms. The Hall–Kier alpha value is -3.35. The molecule has 2 heterocycles. The molecule has 7 nitrogen and oxygen atoms in total. The maximum Gasteiger partial charge on any atom is 0.287 e. The fourth-order valence-electron chi connectivity index (χ4n) is 3.19. The molecule has 0 bridgehead atoms. The maximum atomic E-state index is 12.8. The molecule has 3 aromatic rings. The van der Waals surface area contributed by atoms with Crippen molar-refractivity contribution >= 4 is 11.8 Å². The number of hydrogen-bond acceptors (Lipinski definition) is 4. The van der Waals surface area contributed by atoms with Gasteiger partial charge in [-0.25, -0.2) is 4.68 Å². The molecular formula is C22H26N4O3. The Morgan fingerprint density at radius 3 is 2.45 bits per heavy atom. The van der Waals surface area contributed by atoms with E-state index in [2.05, 4.69) is 15.7 Å². The molecule has 152 valence electrons. The van der Waals surface area contributed by atoms with Gasteiger partial charge < -0.3 is 15.1 Å². The largest absolute Gasteiger partial charge is 0.459 e. The van der Waals surface area contributed by atoms with Crippen LogP contribution in [0.4, 0.5) is 0 Å². The first-order valence-electron chi connectivity index (χ1n) is 9.61. The van der Waals surface area contributed by atoms with Gasteiger partial charge in [0.1, 0.15) is 6.04 Å². The van der Waals surface area contributed by atoms with Gasteiger partial charge in [0, 0.05) is 17.8 Å². The van der Waals surface area contributed by atoms with Gasteiger partial charge in [0.2, 0.25) is 5.91 Å². The van der Waals surface area contributed by atoms with Crippen LogP contribution in [0.5, 0.6) is 0 Å². The van der Waals surface area contributed by atoms with Crippen LogP contribution < -0.4 is 10.6 Å². The van der Waals surface area contributed by atoms with E-state index in [1.807, 2.05) is 62.7 Å². The van der Waals surface area contributed by atoms with Crippen molar-refractivity contribution < 1.29 is 14.0 Å². The van der Waals surface area contributed by atoms with Crippen molar-refractivity contribution in [1.82, 2.24) is 20.4 Å². The highest BCUT2D eigenvalue weighted by Crippen LogP contribution is 2.18. The quantitative estimate of drug-likeness (QED) is 0.644. The molecule has 0 radical (unpaired) electrons. The van der Waals surface area contributed by atoms with Gasteiger partial charge in [-0.05, 0) is 44.0 Å². The first kappa shape index (κ1) is 20.4. The summed E-state index contributed by atoms with van der Waals surface area (Å²) < 4.78 is 6.98. The standard InChI is InChI=1S/C22H26N4O3/c1-14(2)20(24-21(27)19-11-8-12-29-19)22(28)23-13-18-15(3)25-26(16(18)4)17-9-6-5-7-10-17/h5-12,14,20H,13H2,1-4H3,(H,23,28)(H,24,27)/t20-/m0/s1. The van der Waals surface area contributed by atoms with Gasteiger partial charge in [-0.3, -0.25) is 9.59 Å². The zero-order valence-electron chi connectivity index (χ0n) is 17.1. The number of carbonyl (C=O) groups excluding carboxylic acids is 2. The maximum absolute atomic E-state index is 12.8. The second-order valence-corrected chi connectivity index (χ2v) is 7.29. The van der Waals surface area contributed by atoms with Gasteiger partial charge in [0.05, 0.1) is 17.6 Å². The number of aromatic nitrogens is 2. The molecule has 1 atom stereocenters. The average molecular weight is 394 g/mol. The Bertz CT molecular complexity index is 975. The van der Waals surface area contributed by atoms with E-state index in [-0.39, 0.29) is 17.6 Å². The van der Waals surface area contributed by atoms with E-state index >= 15 is 0 Å². The van der Waals surface area contributed by atoms with Crippen molar-refractivity contribution in [3.8, 4) is 5.69 Å². The Labute approximate surface area is 170 Å². The summed E-state index contributed by atoms with van der Waals surface area (Å²) in [6.45, 7) is 8.01. The fraction of sp³-hybridized carbons (Fsp3) is 0.318. The molecule has 0 aliphatic rings. The van der Waals surface area contributed by atoms with Crippen molar-refractivity contribution in [1.29, 1.82) is 0 Å². The third-order valence-electron chi connectivity index (χ3n) is 4.86. The minimum absolute atomic E-state index is 0.0804. The summed E-state index contributed by atoms with van der Waals surface area (Å²) >= 11 is 0. The van der Waals surface area contributed by atoms with Crippen LogP contribution in [0.15, 0.2) is 53.1 Å². The van der Waals surface area contributed by atoms with E-state index < -0.39 is 11.9 Å². The fourth-order valence-corrected chi connectivity index (χ4v) is 3.19. The highest BCUT2D eigenvalue weighted by atomic mass is 16.3. The lowest BCUT2D eigenvalue weighted by atomic mass is 10.0. The van der Waals surface area contributed by atoms with Gasteiger partial charge in [-0.2, -0.15) is 5.10 Å². The molecule has 0 unspecified atom stereocenters. The van der Waals surface area contributed by atoms with Crippen LogP contribution in [-0.2, 0) is 11.3 Å². The van der Waals surface area contributed by atoms with E-state index in [9.17, 15) is 9.59 Å². The van der Waals surface area contributed by atoms with Crippen LogP contribution in [-0.4, -0.2) is 27.6 Å². The summed E-state index contributed by atoms with van der Waals surface area (Å²) in [5.41, 5.74) is 3.75. The predicted octanol–water partition coefficient (Wildman–Crippen LogP) is 3.15. The zero-order chi connectivity index (χ0) is 21.0. The number of nitrogens with one attached hydrogen (secondary N) is 2. The number of aryl methyl sites for hydroxylation is 1. The van der Waals surface area contributed by atoms with E-state index in [1.54, 1.807) is 12.1 Å². The number of benzene rings is 1. The van der Waals surface area contributed by atoms with E-state index in [0.29, 0.717) is 6.54 Å². The molecule has 0 aliphatic carbocycles. The number of rotatable bonds is 7. The highest BCUT2D eigenvalue weighted by molar-refractivity contribution is 5.95. The molecule has 0 fully saturated rings. The molecule has 2 N–H and O–H groups in total. The van der Waals surface area contributed by atoms with Gasteiger partial charge >= 0.3 is 0 Å². The van der Waals surface area contributed by atoms with Gasteiger partial charge in [0.25, 0.3) is 5.91 Å². The Morgan fingerprint density at radius 2 is 1.83 bits per heavy atom. The number of furan rings is 1. The summed E-state index contributed by atoms with van der Waals surface area (Å²) in [7, 11) is 0. The van der Waals surface area contributed by atoms with Gasteiger partial charge in [0.15, 0.2) is 5.76 Å². The van der Waals surface area contributed by atoms with Crippen LogP contribution in [0.25, 0.3) is 5.69 Å². The first-order chi connectivity index (χ1) is 13.9. The SMILES string of the molecule is Cc1nn(-c2ccccc2)c(C)c1CNC(=O)[C@@H](NC(=O)c1ccco1)C(C)C. The minimum atomic E-state index is -0.669. The predicted molar refractivity (Wildman–Crippen MR) is 110 cm³/mol. The number of nitrogens with zero attached hydrogens (tertiary/aromatic N) is 2. The second-order valence-electron chi connectivity index (χ2n) is 7.29. The lowest BCUT2D eigenvalue weighted by Gasteiger charge is -2.21. The lowest BCUT2D eigenvalue weighted by Crippen LogP contribution is -2.49. The molecule has 2 amide bonds. The number of carbonyl (C=O) groups is 2. The molecule has 3 rings (SSSR count). The Kier molecular flexibility index (Phi) is 6.16. The zero-order valence-corrected chi connectivity index (χ0v) is 17.1. The molecule has 29 heavy (non-hydrogen) atoms. The number of hydrogen-bond donors (Lipinski definition) is 2. The van der Waals surface area contributed by atoms with E-state index in [4.69, 9.17) is 4.42 Å². The highest BCUT2D eigenvalue weighted by Gasteiger charge is 2.26. The van der Waals surface area contributed by atoms with Crippen molar-refractivity contribution in [3.05, 3.63) is 71.4 Å². The Balaban J connectivity index is 1.70. The molecule has 0 aliphatic heterocycles. The molecule has 1 aromatic carbocycles. The monoisotopic (exact) mass is 394 g/mol. The van der Waals surface area contributed by atoms with Crippen molar-refractivity contribution in [3.63, 3.8) is 0 Å². The molecular weight excluding hydrogens is 368 g/mol. The van der Waals surface area contributed by atoms with Crippen LogP contribution in [0.2, 0.25) is 0 Å². The van der Waals surface area contributed by atoms with Crippen LogP contribution in [0.3, 0.4) is 0 Å². The number of para-hydroxylation sites is 1. The summed E-state index contributed by atoms with van der Waals surface area (Å²) in [6.07, 6.45) is 1.43. The van der Waals surface area contributed by atoms with Crippen molar-refractivity contribution in [2.45, 2.75) is 40.3 Å². The van der Waals surface area contributed by atoms with Gasteiger partial charge in [-0.1, -0.05) is 32.0 Å². The molecule has 0 saturated carbocycles. The molecule has 0 saturated heterocycles. The summed E-state index contributed by atoms with van der Waals surface area (Å²) in [4.78, 5) is 25.0. The molecule has 0 spiro atoms. The average Bonchev–Trinajstić information content (AvgIpc) is 3.33. The minimum Gasteiger partial charge on any atom is -0.459 e. The number of amides is 2. The summed E-state index contributed by atoms with van der Waals surface area (Å²) in [6, 6.07) is 12.4. The molecule has 2 aromatic heterocycles. The van der Waals surface area contributed by atoms with Crippen LogP contribution in [0, 0.1) is 19.8 Å². The summed E-state index contributed by atoms with van der Waals surface area (Å²) in [5, 5.41) is 10.3. The first-order valence-corrected chi connectivity index (χ1v) is 9.61. The Morgan fingerprint density at radius 1 is 1.10 bits per heavy atom.